The zero-order valence-electron chi connectivity index (χ0n) is 21.6. The number of benzene rings is 1. The molecule has 3 atom stereocenters. The van der Waals surface area contributed by atoms with Crippen LogP contribution in [0.1, 0.15) is 74.0 Å². The Hall–Kier alpha value is -3.73. The SMILES string of the molecule is Cc1oc(-c2cncc([C@@]34CC[C@@H](c5cc(-c6c(F)cccc6F)nnc53)C4(C)C)n2)nc1[C@@H](O)C(C)(F)F. The molecule has 11 heteroatoms. The molecule has 7 nitrogen and oxygen atoms in total. The van der Waals surface area contributed by atoms with E-state index >= 15 is 0 Å². The Morgan fingerprint density at radius 3 is 2.49 bits per heavy atom. The first-order chi connectivity index (χ1) is 18.4. The molecule has 0 spiro atoms. The third kappa shape index (κ3) is 3.55. The molecule has 0 aliphatic heterocycles. The largest absolute Gasteiger partial charge is 0.440 e. The van der Waals surface area contributed by atoms with Gasteiger partial charge in [0, 0.05) is 13.1 Å². The highest BCUT2D eigenvalue weighted by atomic mass is 19.3. The van der Waals surface area contributed by atoms with Crippen LogP contribution in [-0.4, -0.2) is 36.2 Å². The summed E-state index contributed by atoms with van der Waals surface area (Å²) in [6.45, 7) is 6.24. The fraction of sp³-hybridized carbons (Fsp3) is 0.393. The zero-order valence-corrected chi connectivity index (χ0v) is 21.6. The van der Waals surface area contributed by atoms with Crippen LogP contribution in [0.2, 0.25) is 0 Å². The van der Waals surface area contributed by atoms with Gasteiger partial charge in [-0.25, -0.2) is 27.5 Å². The van der Waals surface area contributed by atoms with Crippen LogP contribution >= 0.6 is 0 Å². The molecule has 1 aromatic carbocycles. The summed E-state index contributed by atoms with van der Waals surface area (Å²) < 4.78 is 62.2. The van der Waals surface area contributed by atoms with Gasteiger partial charge in [0.25, 0.3) is 5.92 Å². The molecule has 6 rings (SSSR count). The van der Waals surface area contributed by atoms with Crippen LogP contribution in [0.4, 0.5) is 17.6 Å². The first-order valence-electron chi connectivity index (χ1n) is 12.5. The fourth-order valence-electron chi connectivity index (χ4n) is 6.44. The highest BCUT2D eigenvalue weighted by Gasteiger charge is 2.65. The van der Waals surface area contributed by atoms with Gasteiger partial charge >= 0.3 is 0 Å². The zero-order chi connectivity index (χ0) is 27.9. The van der Waals surface area contributed by atoms with Gasteiger partial charge in [-0.15, -0.1) is 5.10 Å². The molecule has 4 aromatic rings. The van der Waals surface area contributed by atoms with Crippen molar-refractivity contribution in [3.8, 4) is 22.8 Å². The van der Waals surface area contributed by atoms with Crippen molar-refractivity contribution in [1.29, 1.82) is 0 Å². The van der Waals surface area contributed by atoms with Gasteiger partial charge in [0.1, 0.15) is 28.8 Å². The normalized spacial score (nSPS) is 22.2. The molecule has 202 valence electrons. The van der Waals surface area contributed by atoms with Crippen molar-refractivity contribution in [2.24, 2.45) is 5.41 Å². The number of aromatic nitrogens is 5. The summed E-state index contributed by atoms with van der Waals surface area (Å²) in [4.78, 5) is 13.3. The quantitative estimate of drug-likeness (QED) is 0.308. The molecule has 3 aromatic heterocycles. The predicted octanol–water partition coefficient (Wildman–Crippen LogP) is 6.07. The van der Waals surface area contributed by atoms with E-state index in [-0.39, 0.29) is 40.2 Å². The van der Waals surface area contributed by atoms with Crippen LogP contribution in [0.15, 0.2) is 41.1 Å². The smallest absolute Gasteiger partial charge is 0.276 e. The second kappa shape index (κ2) is 8.38. The van der Waals surface area contributed by atoms with Gasteiger partial charge in [0.2, 0.25) is 5.89 Å². The van der Waals surface area contributed by atoms with Crippen molar-refractivity contribution in [3.63, 3.8) is 0 Å². The van der Waals surface area contributed by atoms with Crippen molar-refractivity contribution >= 4 is 0 Å². The number of hydrogen-bond acceptors (Lipinski definition) is 7. The van der Waals surface area contributed by atoms with E-state index in [9.17, 15) is 22.7 Å². The van der Waals surface area contributed by atoms with E-state index in [1.807, 2.05) is 0 Å². The van der Waals surface area contributed by atoms with E-state index in [1.165, 1.54) is 31.3 Å². The number of fused-ring (bicyclic) bond motifs is 5. The molecule has 0 saturated heterocycles. The third-order valence-corrected chi connectivity index (χ3v) is 8.46. The second-order valence-electron chi connectivity index (χ2n) is 11.0. The number of halogens is 4. The lowest BCUT2D eigenvalue weighted by molar-refractivity contribution is -0.0975. The van der Waals surface area contributed by atoms with Crippen LogP contribution in [-0.2, 0) is 5.41 Å². The standard InChI is InChI=1S/C28H25F4N5O2/c1-13-22(24(38)27(4,31)32)35-25(39-13)19-11-33-12-20(34-19)28-9-8-15(26(28,2)3)14-10-18(36-37-23(14)28)21-16(29)6-5-7-17(21)30/h5-7,10-12,15,24,38H,8-9H2,1-4H3/t15-,24+,28-/m0/s1. The van der Waals surface area contributed by atoms with E-state index in [1.54, 1.807) is 12.3 Å². The van der Waals surface area contributed by atoms with Crippen LogP contribution in [0.5, 0.6) is 0 Å². The molecule has 0 radical (unpaired) electrons. The number of hydrogen-bond donors (Lipinski definition) is 1. The van der Waals surface area contributed by atoms with E-state index in [4.69, 9.17) is 9.40 Å². The molecule has 39 heavy (non-hydrogen) atoms. The topological polar surface area (TPSA) is 97.8 Å². The second-order valence-corrected chi connectivity index (χ2v) is 11.0. The van der Waals surface area contributed by atoms with E-state index in [0.29, 0.717) is 24.7 Å². The van der Waals surface area contributed by atoms with Gasteiger partial charge in [-0.1, -0.05) is 19.9 Å². The van der Waals surface area contributed by atoms with Gasteiger partial charge < -0.3 is 9.52 Å². The molecule has 0 unspecified atom stereocenters. The van der Waals surface area contributed by atoms with Gasteiger partial charge in [0.05, 0.1) is 34.3 Å². The van der Waals surface area contributed by atoms with Gasteiger partial charge in [-0.2, -0.15) is 5.10 Å². The summed E-state index contributed by atoms with van der Waals surface area (Å²) in [6, 6.07) is 5.38. The molecule has 1 saturated carbocycles. The number of aliphatic hydroxyl groups is 1. The lowest BCUT2D eigenvalue weighted by Crippen LogP contribution is -2.38. The number of aryl methyl sites for hydroxylation is 1. The third-order valence-electron chi connectivity index (χ3n) is 8.46. The van der Waals surface area contributed by atoms with E-state index < -0.39 is 34.5 Å². The Morgan fingerprint density at radius 2 is 1.79 bits per heavy atom. The minimum absolute atomic E-state index is 0.0274. The summed E-state index contributed by atoms with van der Waals surface area (Å²) >= 11 is 0. The number of oxazole rings is 1. The Balaban J connectivity index is 1.46. The Labute approximate surface area is 221 Å². The molecule has 1 fully saturated rings. The number of alkyl halides is 2. The minimum Gasteiger partial charge on any atom is -0.440 e. The molecule has 1 N–H and O–H groups in total. The molecule has 0 amide bonds. The summed E-state index contributed by atoms with van der Waals surface area (Å²) in [6.07, 6.45) is 2.38. The molecule has 2 aliphatic carbocycles. The van der Waals surface area contributed by atoms with Gasteiger partial charge in [0.15, 0.2) is 6.10 Å². The number of nitrogens with zero attached hydrogens (tertiary/aromatic N) is 5. The van der Waals surface area contributed by atoms with Crippen LogP contribution < -0.4 is 0 Å². The van der Waals surface area contributed by atoms with Crippen molar-refractivity contribution < 1.29 is 27.1 Å². The van der Waals surface area contributed by atoms with Crippen LogP contribution in [0.25, 0.3) is 22.8 Å². The minimum atomic E-state index is -3.41. The highest BCUT2D eigenvalue weighted by molar-refractivity contribution is 5.64. The molecule has 2 aliphatic rings. The Morgan fingerprint density at radius 1 is 1.08 bits per heavy atom. The maximum absolute atomic E-state index is 14.5. The lowest BCUT2D eigenvalue weighted by Gasteiger charge is -2.37. The van der Waals surface area contributed by atoms with E-state index in [0.717, 1.165) is 12.0 Å². The maximum Gasteiger partial charge on any atom is 0.276 e. The number of aliphatic hydroxyl groups excluding tert-OH is 1. The monoisotopic (exact) mass is 539 g/mol. The van der Waals surface area contributed by atoms with Crippen molar-refractivity contribution in [2.45, 2.75) is 63.9 Å². The van der Waals surface area contributed by atoms with Gasteiger partial charge in [-0.3, -0.25) is 4.98 Å². The van der Waals surface area contributed by atoms with Gasteiger partial charge in [-0.05, 0) is 54.9 Å². The maximum atomic E-state index is 14.5. The summed E-state index contributed by atoms with van der Waals surface area (Å²) in [5, 5.41) is 18.8. The summed E-state index contributed by atoms with van der Waals surface area (Å²) in [5.41, 5.74) is 0.829. The number of rotatable bonds is 5. The Kier molecular flexibility index (Phi) is 5.49. The lowest BCUT2D eigenvalue weighted by atomic mass is 9.66. The molecule has 3 heterocycles. The van der Waals surface area contributed by atoms with Crippen LogP contribution in [0.3, 0.4) is 0 Å². The Bertz CT molecular complexity index is 1600. The molecule has 2 bridgehead atoms. The fourth-order valence-corrected chi connectivity index (χ4v) is 6.44. The summed E-state index contributed by atoms with van der Waals surface area (Å²) in [5.74, 6) is -4.81. The average molecular weight is 540 g/mol. The predicted molar refractivity (Wildman–Crippen MR) is 132 cm³/mol. The highest BCUT2D eigenvalue weighted by Crippen LogP contribution is 2.69. The first kappa shape index (κ1) is 25.5. The first-order valence-corrected chi connectivity index (χ1v) is 12.5. The average Bonchev–Trinajstić information content (AvgIpc) is 3.46. The molecular formula is C28H25F4N5O2. The van der Waals surface area contributed by atoms with Crippen LogP contribution in [0, 0.1) is 24.0 Å². The van der Waals surface area contributed by atoms with Crippen molar-refractivity contribution in [3.05, 3.63) is 76.7 Å². The van der Waals surface area contributed by atoms with Crippen molar-refractivity contribution in [1.82, 2.24) is 25.1 Å². The van der Waals surface area contributed by atoms with Crippen molar-refractivity contribution in [2.75, 3.05) is 0 Å². The molecular weight excluding hydrogens is 514 g/mol. The van der Waals surface area contributed by atoms with E-state index in [2.05, 4.69) is 34.0 Å². The summed E-state index contributed by atoms with van der Waals surface area (Å²) in [7, 11) is 0.